The minimum absolute atomic E-state index is 0.191. The van der Waals surface area contributed by atoms with Crippen molar-refractivity contribution >= 4 is 28.7 Å². The van der Waals surface area contributed by atoms with Gasteiger partial charge in [0.2, 0.25) is 0 Å². The molecule has 1 amide bonds. The van der Waals surface area contributed by atoms with E-state index in [1.54, 1.807) is 17.3 Å². The van der Waals surface area contributed by atoms with E-state index < -0.39 is 16.6 Å². The summed E-state index contributed by atoms with van der Waals surface area (Å²) in [6.07, 6.45) is 4.44. The molecule has 2 aromatic carbocycles. The molecule has 198 valence electrons. The summed E-state index contributed by atoms with van der Waals surface area (Å²) >= 11 is 7.28. The second-order valence-corrected chi connectivity index (χ2v) is 12.0. The minimum atomic E-state index is -0.607. The van der Waals surface area contributed by atoms with Crippen LogP contribution in [0.15, 0.2) is 47.2 Å². The number of benzene rings is 2. The summed E-state index contributed by atoms with van der Waals surface area (Å²) in [5.41, 5.74) is 3.63. The summed E-state index contributed by atoms with van der Waals surface area (Å²) in [6, 6.07) is 10.7. The molecular formula is C28H29ClFN5O3. The van der Waals surface area contributed by atoms with Crippen LogP contribution in [0.2, 0.25) is 0 Å². The van der Waals surface area contributed by atoms with Crippen molar-refractivity contribution in [2.75, 3.05) is 0 Å². The molecule has 0 spiro atoms. The molecule has 4 aromatic rings. The first-order valence-corrected chi connectivity index (χ1v) is 13.2. The fourth-order valence-electron chi connectivity index (χ4n) is 5.54. The van der Waals surface area contributed by atoms with E-state index in [2.05, 4.69) is 27.5 Å². The maximum atomic E-state index is 13.6. The summed E-state index contributed by atoms with van der Waals surface area (Å²) < 4.78 is 26.6. The van der Waals surface area contributed by atoms with Crippen molar-refractivity contribution < 1.29 is 18.4 Å². The van der Waals surface area contributed by atoms with E-state index in [1.165, 1.54) is 12.1 Å². The van der Waals surface area contributed by atoms with Crippen molar-refractivity contribution in [2.24, 2.45) is 0 Å². The molecule has 38 heavy (non-hydrogen) atoms. The molecule has 2 aliphatic rings. The van der Waals surface area contributed by atoms with Gasteiger partial charge in [-0.1, -0.05) is 17.3 Å². The van der Waals surface area contributed by atoms with Crippen LogP contribution in [0.25, 0.3) is 16.7 Å². The summed E-state index contributed by atoms with van der Waals surface area (Å²) in [6.45, 7) is 6.22. The smallest absolute Gasteiger partial charge is 0.411 e. The Hall–Kier alpha value is -3.46. The third kappa shape index (κ3) is 4.53. The summed E-state index contributed by atoms with van der Waals surface area (Å²) in [5, 5.41) is 13.4. The van der Waals surface area contributed by atoms with Crippen molar-refractivity contribution in [3.8, 4) is 5.69 Å². The van der Waals surface area contributed by atoms with Crippen LogP contribution in [0.4, 0.5) is 9.18 Å². The van der Waals surface area contributed by atoms with Crippen LogP contribution in [-0.4, -0.2) is 36.5 Å². The fraction of sp³-hybridized carbons (Fsp3) is 0.429. The number of carbonyl (C=O) groups excluding carboxylic acids is 1. The third-order valence-corrected chi connectivity index (χ3v) is 8.04. The normalized spacial score (nSPS) is 21.6. The minimum Gasteiger partial charge on any atom is -0.444 e. The topological polar surface area (TPSA) is 86.3 Å². The first-order chi connectivity index (χ1) is 18.1. The van der Waals surface area contributed by atoms with Crippen LogP contribution < -0.4 is 0 Å². The first kappa shape index (κ1) is 24.9. The molecule has 1 saturated carbocycles. The zero-order chi connectivity index (χ0) is 26.7. The van der Waals surface area contributed by atoms with Crippen molar-refractivity contribution in [3.63, 3.8) is 0 Å². The lowest BCUT2D eigenvalue weighted by molar-refractivity contribution is 0.0214. The number of hydrogen-bond acceptors (Lipinski definition) is 6. The van der Waals surface area contributed by atoms with Gasteiger partial charge in [-0.3, -0.25) is 9.47 Å². The Kier molecular flexibility index (Phi) is 5.94. The molecule has 1 aliphatic heterocycles. The van der Waals surface area contributed by atoms with E-state index in [0.717, 1.165) is 53.6 Å². The number of ether oxygens (including phenoxy) is 1. The number of aromatic nitrogens is 4. The molecule has 0 bridgehead atoms. The molecule has 0 saturated heterocycles. The monoisotopic (exact) mass is 537 g/mol. The number of rotatable bonds is 2. The highest BCUT2D eigenvalue weighted by Gasteiger charge is 2.38. The SMILES string of the molecule is CC(C)(C)OC(=O)N1Cc2cc(C3(Cl)CCC(c4noc5cc(F)ccc45)CC3)ccc2-n2cnnc2C1. The molecule has 1 aliphatic carbocycles. The highest BCUT2D eigenvalue weighted by molar-refractivity contribution is 6.24. The maximum Gasteiger partial charge on any atom is 0.411 e. The van der Waals surface area contributed by atoms with Crippen LogP contribution in [-0.2, 0) is 22.7 Å². The summed E-state index contributed by atoms with van der Waals surface area (Å²) in [7, 11) is 0. The molecular weight excluding hydrogens is 509 g/mol. The number of nitrogens with zero attached hydrogens (tertiary/aromatic N) is 5. The standard InChI is InChI=1S/C28H29ClFN5O3/c1-27(2,3)37-26(36)34-14-18-12-19(4-7-22(18)35-16-31-32-24(35)15-34)28(29)10-8-17(9-11-28)25-21-6-5-20(30)13-23(21)38-33-25/h4-7,12-13,16-17H,8-11,14-15H2,1-3H3. The van der Waals surface area contributed by atoms with Gasteiger partial charge in [0.1, 0.15) is 17.7 Å². The number of alkyl halides is 1. The van der Waals surface area contributed by atoms with Crippen molar-refractivity contribution in [2.45, 2.75) is 75.9 Å². The molecule has 0 atom stereocenters. The van der Waals surface area contributed by atoms with E-state index in [9.17, 15) is 9.18 Å². The van der Waals surface area contributed by atoms with Gasteiger partial charge >= 0.3 is 6.09 Å². The molecule has 8 nitrogen and oxygen atoms in total. The van der Waals surface area contributed by atoms with E-state index >= 15 is 0 Å². The van der Waals surface area contributed by atoms with Crippen molar-refractivity contribution in [1.29, 1.82) is 0 Å². The van der Waals surface area contributed by atoms with E-state index in [0.29, 0.717) is 24.5 Å². The van der Waals surface area contributed by atoms with Gasteiger partial charge in [0.25, 0.3) is 0 Å². The number of amides is 1. The quantitative estimate of drug-likeness (QED) is 0.268. The summed E-state index contributed by atoms with van der Waals surface area (Å²) in [5.74, 6) is 0.524. The van der Waals surface area contributed by atoms with Gasteiger partial charge in [0, 0.05) is 17.4 Å². The largest absolute Gasteiger partial charge is 0.444 e. The lowest BCUT2D eigenvalue weighted by atomic mass is 9.76. The van der Waals surface area contributed by atoms with Crippen LogP contribution in [0.1, 0.15) is 75.0 Å². The molecule has 1 fully saturated rings. The highest BCUT2D eigenvalue weighted by atomic mass is 35.5. The Labute approximate surface area is 224 Å². The highest BCUT2D eigenvalue weighted by Crippen LogP contribution is 2.49. The van der Waals surface area contributed by atoms with Crippen molar-refractivity contribution in [1.82, 2.24) is 24.8 Å². The molecule has 0 radical (unpaired) electrons. The Morgan fingerprint density at radius 3 is 2.71 bits per heavy atom. The van der Waals surface area contributed by atoms with Crippen molar-refractivity contribution in [3.05, 3.63) is 71.2 Å². The van der Waals surface area contributed by atoms with Crippen LogP contribution >= 0.6 is 11.6 Å². The number of carbonyl (C=O) groups is 1. The molecule has 0 N–H and O–H groups in total. The second kappa shape index (κ2) is 9.08. The zero-order valence-corrected chi connectivity index (χ0v) is 22.3. The van der Waals surface area contributed by atoms with Gasteiger partial charge in [-0.05, 0) is 75.8 Å². The summed E-state index contributed by atoms with van der Waals surface area (Å²) in [4.78, 5) is 14.1. The molecule has 2 aromatic heterocycles. The van der Waals surface area contributed by atoms with Gasteiger partial charge in [-0.2, -0.15) is 0 Å². The van der Waals surface area contributed by atoms with Crippen LogP contribution in [0.5, 0.6) is 0 Å². The maximum absolute atomic E-state index is 13.6. The van der Waals surface area contributed by atoms with Gasteiger partial charge in [-0.25, -0.2) is 9.18 Å². The van der Waals surface area contributed by atoms with Gasteiger partial charge < -0.3 is 9.26 Å². The van der Waals surface area contributed by atoms with Gasteiger partial charge in [0.05, 0.1) is 29.3 Å². The zero-order valence-electron chi connectivity index (χ0n) is 21.6. The van der Waals surface area contributed by atoms with Crippen LogP contribution in [0, 0.1) is 5.82 Å². The number of halogens is 2. The Morgan fingerprint density at radius 2 is 1.95 bits per heavy atom. The first-order valence-electron chi connectivity index (χ1n) is 12.8. The van der Waals surface area contributed by atoms with Crippen LogP contribution in [0.3, 0.4) is 0 Å². The second-order valence-electron chi connectivity index (χ2n) is 11.2. The molecule has 3 heterocycles. The van der Waals surface area contributed by atoms with Gasteiger partial charge in [-0.15, -0.1) is 21.8 Å². The molecule has 6 rings (SSSR count). The lowest BCUT2D eigenvalue weighted by Gasteiger charge is -2.35. The third-order valence-electron chi connectivity index (χ3n) is 7.45. The van der Waals surface area contributed by atoms with E-state index in [1.807, 2.05) is 31.4 Å². The fourth-order valence-corrected chi connectivity index (χ4v) is 5.88. The Balaban J connectivity index is 1.26. The predicted molar refractivity (Wildman–Crippen MR) is 140 cm³/mol. The Morgan fingerprint density at radius 1 is 1.16 bits per heavy atom. The van der Waals surface area contributed by atoms with E-state index in [4.69, 9.17) is 20.9 Å². The number of hydrogen-bond donors (Lipinski definition) is 0. The Bertz CT molecular complexity index is 1520. The molecule has 10 heteroatoms. The van der Waals surface area contributed by atoms with Gasteiger partial charge in [0.15, 0.2) is 11.4 Å². The average molecular weight is 538 g/mol. The number of fused-ring (bicyclic) bond motifs is 4. The average Bonchev–Trinajstić information content (AvgIpc) is 3.46. The predicted octanol–water partition coefficient (Wildman–Crippen LogP) is 6.59. The van der Waals surface area contributed by atoms with E-state index in [-0.39, 0.29) is 11.7 Å². The molecule has 0 unspecified atom stereocenters. The lowest BCUT2D eigenvalue weighted by Crippen LogP contribution is -2.36.